The molecule has 0 unspecified atom stereocenters. The second-order valence-corrected chi connectivity index (χ2v) is 4.72. The van der Waals surface area contributed by atoms with Crippen LogP contribution in [0.2, 0.25) is 0 Å². The van der Waals surface area contributed by atoms with E-state index in [-0.39, 0.29) is 0 Å². The maximum absolute atomic E-state index is 5.78. The number of aromatic nitrogens is 4. The molecule has 1 saturated heterocycles. The molecule has 0 aromatic carbocycles. The lowest BCUT2D eigenvalue weighted by Gasteiger charge is -2.35. The number of hydrogen-bond acceptors (Lipinski definition) is 7. The van der Waals surface area contributed by atoms with Crippen molar-refractivity contribution < 1.29 is 0 Å². The van der Waals surface area contributed by atoms with Crippen LogP contribution < -0.4 is 15.5 Å². The van der Waals surface area contributed by atoms with Crippen LogP contribution in [0.5, 0.6) is 0 Å². The molecule has 0 spiro atoms. The predicted molar refractivity (Wildman–Crippen MR) is 77.6 cm³/mol. The Morgan fingerprint density at radius 3 is 2.30 bits per heavy atom. The normalized spacial score (nSPS) is 15.4. The molecule has 104 valence electrons. The van der Waals surface area contributed by atoms with E-state index in [1.807, 2.05) is 19.1 Å². The van der Waals surface area contributed by atoms with Crippen molar-refractivity contribution in [2.75, 3.05) is 41.7 Å². The number of nitrogens with zero attached hydrogens (tertiary/aromatic N) is 6. The van der Waals surface area contributed by atoms with Crippen LogP contribution >= 0.6 is 0 Å². The van der Waals surface area contributed by atoms with Crippen LogP contribution in [0.15, 0.2) is 24.5 Å². The molecule has 1 aliphatic heterocycles. The van der Waals surface area contributed by atoms with Gasteiger partial charge in [-0.25, -0.2) is 19.9 Å². The van der Waals surface area contributed by atoms with Crippen molar-refractivity contribution >= 4 is 17.6 Å². The molecule has 2 N–H and O–H groups in total. The van der Waals surface area contributed by atoms with Crippen LogP contribution in [0.25, 0.3) is 0 Å². The summed E-state index contributed by atoms with van der Waals surface area (Å²) in [6, 6.07) is 3.65. The molecule has 0 aliphatic carbocycles. The van der Waals surface area contributed by atoms with Gasteiger partial charge in [-0.3, -0.25) is 0 Å². The van der Waals surface area contributed by atoms with E-state index in [0.29, 0.717) is 11.6 Å². The van der Waals surface area contributed by atoms with Gasteiger partial charge in [-0.05, 0) is 13.0 Å². The Morgan fingerprint density at radius 1 is 1.00 bits per heavy atom. The van der Waals surface area contributed by atoms with Gasteiger partial charge >= 0.3 is 0 Å². The maximum atomic E-state index is 5.78. The molecule has 2 aromatic heterocycles. The summed E-state index contributed by atoms with van der Waals surface area (Å²) in [5.74, 6) is 2.89. The maximum Gasteiger partial charge on any atom is 0.225 e. The van der Waals surface area contributed by atoms with Gasteiger partial charge in [0.15, 0.2) is 0 Å². The summed E-state index contributed by atoms with van der Waals surface area (Å²) in [4.78, 5) is 21.5. The first-order valence-corrected chi connectivity index (χ1v) is 6.60. The minimum atomic E-state index is 0.515. The predicted octanol–water partition coefficient (Wildman–Crippen LogP) is 0.484. The van der Waals surface area contributed by atoms with Crippen molar-refractivity contribution in [3.05, 3.63) is 30.4 Å². The SMILES string of the molecule is Cc1nc(N)cc(N2CCN(c3ncccn3)CC2)n1. The zero-order valence-electron chi connectivity index (χ0n) is 11.4. The van der Waals surface area contributed by atoms with Crippen molar-refractivity contribution in [2.45, 2.75) is 6.92 Å². The van der Waals surface area contributed by atoms with Crippen LogP contribution in [-0.4, -0.2) is 46.1 Å². The number of hydrogen-bond donors (Lipinski definition) is 1. The summed E-state index contributed by atoms with van der Waals surface area (Å²) in [6.07, 6.45) is 3.53. The lowest BCUT2D eigenvalue weighted by atomic mass is 10.3. The summed E-state index contributed by atoms with van der Waals surface area (Å²) < 4.78 is 0. The summed E-state index contributed by atoms with van der Waals surface area (Å²) in [7, 11) is 0. The van der Waals surface area contributed by atoms with Crippen molar-refractivity contribution in [3.63, 3.8) is 0 Å². The zero-order valence-corrected chi connectivity index (χ0v) is 11.4. The molecule has 2 aromatic rings. The van der Waals surface area contributed by atoms with Gasteiger partial charge in [0, 0.05) is 44.6 Å². The monoisotopic (exact) mass is 271 g/mol. The van der Waals surface area contributed by atoms with E-state index in [2.05, 4.69) is 29.7 Å². The highest BCUT2D eigenvalue weighted by molar-refractivity contribution is 5.48. The third kappa shape index (κ3) is 2.61. The summed E-state index contributed by atoms with van der Waals surface area (Å²) in [5.41, 5.74) is 5.78. The van der Waals surface area contributed by atoms with Crippen LogP contribution in [0, 0.1) is 6.92 Å². The number of anilines is 3. The molecule has 3 heterocycles. The lowest BCUT2D eigenvalue weighted by molar-refractivity contribution is 0.633. The van der Waals surface area contributed by atoms with Gasteiger partial charge in [-0.2, -0.15) is 0 Å². The smallest absolute Gasteiger partial charge is 0.225 e. The van der Waals surface area contributed by atoms with Gasteiger partial charge in [-0.1, -0.05) is 0 Å². The molecule has 7 nitrogen and oxygen atoms in total. The second-order valence-electron chi connectivity index (χ2n) is 4.72. The zero-order chi connectivity index (χ0) is 13.9. The Balaban J connectivity index is 1.69. The molecule has 1 fully saturated rings. The molecule has 0 atom stereocenters. The van der Waals surface area contributed by atoms with Crippen molar-refractivity contribution in [2.24, 2.45) is 0 Å². The third-order valence-electron chi connectivity index (χ3n) is 3.28. The molecule has 7 heteroatoms. The van der Waals surface area contributed by atoms with Gasteiger partial charge in [-0.15, -0.1) is 0 Å². The molecule has 0 bridgehead atoms. The summed E-state index contributed by atoms with van der Waals surface area (Å²) in [5, 5.41) is 0. The third-order valence-corrected chi connectivity index (χ3v) is 3.28. The average Bonchev–Trinajstić information content (AvgIpc) is 2.47. The number of nitrogen functional groups attached to an aromatic ring is 1. The summed E-state index contributed by atoms with van der Waals surface area (Å²) >= 11 is 0. The first kappa shape index (κ1) is 12.6. The molecule has 3 rings (SSSR count). The topological polar surface area (TPSA) is 84.1 Å². The highest BCUT2D eigenvalue weighted by Crippen LogP contribution is 2.17. The minimum absolute atomic E-state index is 0.515. The van der Waals surface area contributed by atoms with E-state index >= 15 is 0 Å². The van der Waals surface area contributed by atoms with E-state index < -0.39 is 0 Å². The van der Waals surface area contributed by atoms with E-state index in [1.54, 1.807) is 12.4 Å². The number of aryl methyl sites for hydroxylation is 1. The fraction of sp³-hybridized carbons (Fsp3) is 0.385. The van der Waals surface area contributed by atoms with E-state index in [9.17, 15) is 0 Å². The Bertz CT molecular complexity index is 558. The van der Waals surface area contributed by atoms with Crippen molar-refractivity contribution in [3.8, 4) is 0 Å². The van der Waals surface area contributed by atoms with Gasteiger partial charge in [0.2, 0.25) is 5.95 Å². The fourth-order valence-electron chi connectivity index (χ4n) is 2.33. The van der Waals surface area contributed by atoms with E-state index in [0.717, 1.165) is 37.9 Å². The highest BCUT2D eigenvalue weighted by Gasteiger charge is 2.20. The summed E-state index contributed by atoms with van der Waals surface area (Å²) in [6.45, 7) is 5.33. The van der Waals surface area contributed by atoms with E-state index in [1.165, 1.54) is 0 Å². The van der Waals surface area contributed by atoms with Crippen LogP contribution in [0.1, 0.15) is 5.82 Å². The first-order chi connectivity index (χ1) is 9.72. The molecule has 0 radical (unpaired) electrons. The largest absolute Gasteiger partial charge is 0.384 e. The number of piperazine rings is 1. The first-order valence-electron chi connectivity index (χ1n) is 6.60. The standard InChI is InChI=1S/C13H17N7/c1-10-17-11(14)9-12(18-10)19-5-7-20(8-6-19)13-15-3-2-4-16-13/h2-4,9H,5-8H2,1H3,(H2,14,17,18). The molecular weight excluding hydrogens is 254 g/mol. The van der Waals surface area contributed by atoms with Gasteiger partial charge in [0.1, 0.15) is 17.5 Å². The lowest BCUT2D eigenvalue weighted by Crippen LogP contribution is -2.47. The Kier molecular flexibility index (Phi) is 3.32. The molecular formula is C13H17N7. The van der Waals surface area contributed by atoms with Crippen LogP contribution in [0.3, 0.4) is 0 Å². The Morgan fingerprint density at radius 2 is 1.65 bits per heavy atom. The van der Waals surface area contributed by atoms with Crippen molar-refractivity contribution in [1.29, 1.82) is 0 Å². The van der Waals surface area contributed by atoms with Gasteiger partial charge < -0.3 is 15.5 Å². The number of rotatable bonds is 2. The molecule has 0 amide bonds. The Hall–Kier alpha value is -2.44. The molecule has 0 saturated carbocycles. The minimum Gasteiger partial charge on any atom is -0.384 e. The fourth-order valence-corrected chi connectivity index (χ4v) is 2.33. The molecule has 20 heavy (non-hydrogen) atoms. The van der Waals surface area contributed by atoms with E-state index in [4.69, 9.17) is 5.73 Å². The van der Waals surface area contributed by atoms with Gasteiger partial charge in [0.25, 0.3) is 0 Å². The quantitative estimate of drug-likeness (QED) is 0.850. The van der Waals surface area contributed by atoms with Crippen LogP contribution in [0.4, 0.5) is 17.6 Å². The average molecular weight is 271 g/mol. The van der Waals surface area contributed by atoms with Crippen molar-refractivity contribution in [1.82, 2.24) is 19.9 Å². The van der Waals surface area contributed by atoms with Gasteiger partial charge in [0.05, 0.1) is 0 Å². The molecule has 1 aliphatic rings. The van der Waals surface area contributed by atoms with Crippen LogP contribution in [-0.2, 0) is 0 Å². The second kappa shape index (κ2) is 5.28. The highest BCUT2D eigenvalue weighted by atomic mass is 15.3. The Labute approximate surface area is 117 Å². The number of nitrogens with two attached hydrogens (primary N) is 1.